The SMILES string of the molecule is C=CCN1CC[C@]2(c3cccc(OC)c3)Cc3[nH]c4c(F)cccc4c3CC2C1. The Labute approximate surface area is 171 Å². The van der Waals surface area contributed by atoms with Gasteiger partial charge in [0.25, 0.3) is 0 Å². The first-order valence-electron chi connectivity index (χ1n) is 10.4. The Morgan fingerprint density at radius 1 is 1.31 bits per heavy atom. The van der Waals surface area contributed by atoms with Crippen LogP contribution in [-0.4, -0.2) is 36.6 Å². The summed E-state index contributed by atoms with van der Waals surface area (Å²) in [6, 6.07) is 14.0. The number of H-pyrrole nitrogens is 1. The molecule has 1 unspecified atom stereocenters. The average molecular weight is 391 g/mol. The van der Waals surface area contributed by atoms with Crippen LogP contribution in [0.25, 0.3) is 10.9 Å². The van der Waals surface area contributed by atoms with Gasteiger partial charge in [0.15, 0.2) is 0 Å². The molecule has 1 aromatic heterocycles. The Balaban J connectivity index is 1.64. The molecule has 2 aromatic carbocycles. The van der Waals surface area contributed by atoms with Crippen molar-refractivity contribution in [2.45, 2.75) is 24.7 Å². The number of likely N-dealkylation sites (tertiary alicyclic amines) is 1. The quantitative estimate of drug-likeness (QED) is 0.645. The molecule has 3 aromatic rings. The number of aromatic amines is 1. The number of hydrogen-bond donors (Lipinski definition) is 1. The average Bonchev–Trinajstić information content (AvgIpc) is 3.11. The highest BCUT2D eigenvalue weighted by Gasteiger charge is 2.48. The van der Waals surface area contributed by atoms with Crippen molar-refractivity contribution in [3.8, 4) is 5.75 Å². The summed E-state index contributed by atoms with van der Waals surface area (Å²) >= 11 is 0. The van der Waals surface area contributed by atoms with Crippen molar-refractivity contribution in [1.82, 2.24) is 9.88 Å². The zero-order valence-electron chi connectivity index (χ0n) is 16.9. The van der Waals surface area contributed by atoms with Crippen LogP contribution in [-0.2, 0) is 18.3 Å². The van der Waals surface area contributed by atoms with Crippen LogP contribution in [0.3, 0.4) is 0 Å². The molecule has 0 saturated carbocycles. The number of piperidine rings is 1. The fourth-order valence-corrected chi connectivity index (χ4v) is 5.63. The molecule has 4 heteroatoms. The highest BCUT2D eigenvalue weighted by atomic mass is 19.1. The molecule has 2 atom stereocenters. The first-order valence-corrected chi connectivity index (χ1v) is 10.4. The van der Waals surface area contributed by atoms with E-state index in [1.165, 1.54) is 16.8 Å². The van der Waals surface area contributed by atoms with Crippen molar-refractivity contribution in [3.05, 3.63) is 77.8 Å². The standard InChI is InChI=1S/C25H27FN2O/c1-3-11-28-12-10-25(17-6-4-7-19(13-17)29-2)15-23-21(14-18(25)16-28)20-8-5-9-22(26)24(20)27-23/h3-9,13,18,27H,1,10-12,14-16H2,2H3/t18?,25-/m1/s1. The molecule has 1 aliphatic heterocycles. The van der Waals surface area contributed by atoms with Crippen LogP contribution in [0.5, 0.6) is 5.75 Å². The number of rotatable bonds is 4. The zero-order valence-corrected chi connectivity index (χ0v) is 16.9. The van der Waals surface area contributed by atoms with E-state index in [4.69, 9.17) is 4.74 Å². The summed E-state index contributed by atoms with van der Waals surface area (Å²) in [5.74, 6) is 1.21. The molecule has 1 N–H and O–H groups in total. The second-order valence-electron chi connectivity index (χ2n) is 8.51. The van der Waals surface area contributed by atoms with E-state index in [0.29, 0.717) is 11.4 Å². The monoisotopic (exact) mass is 390 g/mol. The molecule has 0 bridgehead atoms. The van der Waals surface area contributed by atoms with Gasteiger partial charge in [-0.2, -0.15) is 0 Å². The van der Waals surface area contributed by atoms with Gasteiger partial charge in [-0.1, -0.05) is 30.3 Å². The number of para-hydroxylation sites is 1. The van der Waals surface area contributed by atoms with Crippen LogP contribution >= 0.6 is 0 Å². The van der Waals surface area contributed by atoms with Crippen LogP contribution < -0.4 is 4.74 Å². The second-order valence-corrected chi connectivity index (χ2v) is 8.51. The number of fused-ring (bicyclic) bond motifs is 4. The van der Waals surface area contributed by atoms with Gasteiger partial charge in [-0.15, -0.1) is 6.58 Å². The van der Waals surface area contributed by atoms with Gasteiger partial charge in [0.2, 0.25) is 0 Å². The molecular weight excluding hydrogens is 363 g/mol. The van der Waals surface area contributed by atoms with E-state index in [0.717, 1.165) is 50.0 Å². The molecule has 150 valence electrons. The molecule has 0 radical (unpaired) electrons. The third kappa shape index (κ3) is 2.89. The van der Waals surface area contributed by atoms with Crippen molar-refractivity contribution >= 4 is 10.9 Å². The molecule has 0 amide bonds. The highest BCUT2D eigenvalue weighted by molar-refractivity contribution is 5.85. The number of benzene rings is 2. The zero-order chi connectivity index (χ0) is 20.0. The van der Waals surface area contributed by atoms with Crippen molar-refractivity contribution in [2.24, 2.45) is 5.92 Å². The Kier molecular flexibility index (Phi) is 4.47. The molecule has 1 aliphatic carbocycles. The Morgan fingerprint density at radius 3 is 3.00 bits per heavy atom. The van der Waals surface area contributed by atoms with E-state index in [2.05, 4.69) is 40.7 Å². The van der Waals surface area contributed by atoms with Gasteiger partial charge >= 0.3 is 0 Å². The number of halogens is 1. The molecule has 2 heterocycles. The van der Waals surface area contributed by atoms with E-state index in [1.807, 2.05) is 18.2 Å². The number of nitrogens with one attached hydrogen (secondary N) is 1. The Morgan fingerprint density at radius 2 is 2.17 bits per heavy atom. The van der Waals surface area contributed by atoms with Crippen molar-refractivity contribution in [3.63, 3.8) is 0 Å². The van der Waals surface area contributed by atoms with Crippen LogP contribution in [0.2, 0.25) is 0 Å². The lowest BCUT2D eigenvalue weighted by Crippen LogP contribution is -2.53. The second kappa shape index (κ2) is 7.03. The number of hydrogen-bond acceptors (Lipinski definition) is 2. The van der Waals surface area contributed by atoms with E-state index >= 15 is 0 Å². The van der Waals surface area contributed by atoms with Gasteiger partial charge in [0, 0.05) is 29.6 Å². The predicted octanol–water partition coefficient (Wildman–Crippen LogP) is 4.86. The molecule has 1 fully saturated rings. The summed E-state index contributed by atoms with van der Waals surface area (Å²) in [5, 5.41) is 1.04. The van der Waals surface area contributed by atoms with Gasteiger partial charge in [-0.25, -0.2) is 4.39 Å². The maximum atomic E-state index is 14.5. The molecule has 1 saturated heterocycles. The van der Waals surface area contributed by atoms with E-state index in [1.54, 1.807) is 13.2 Å². The van der Waals surface area contributed by atoms with Gasteiger partial charge < -0.3 is 9.72 Å². The number of methoxy groups -OCH3 is 1. The van der Waals surface area contributed by atoms with Gasteiger partial charge in [-0.3, -0.25) is 4.90 Å². The van der Waals surface area contributed by atoms with Crippen LogP contribution in [0, 0.1) is 11.7 Å². The lowest BCUT2D eigenvalue weighted by Gasteiger charge is -2.51. The van der Waals surface area contributed by atoms with Gasteiger partial charge in [-0.05, 0) is 61.1 Å². The number of aromatic nitrogens is 1. The number of ether oxygens (including phenoxy) is 1. The van der Waals surface area contributed by atoms with Crippen LogP contribution in [0.1, 0.15) is 23.2 Å². The van der Waals surface area contributed by atoms with Crippen molar-refractivity contribution in [1.29, 1.82) is 0 Å². The first kappa shape index (κ1) is 18.4. The third-order valence-electron chi connectivity index (χ3n) is 7.09. The highest BCUT2D eigenvalue weighted by Crippen LogP contribution is 2.49. The summed E-state index contributed by atoms with van der Waals surface area (Å²) in [5.41, 5.74) is 4.52. The summed E-state index contributed by atoms with van der Waals surface area (Å²) < 4.78 is 20.0. The smallest absolute Gasteiger partial charge is 0.147 e. The number of nitrogens with zero attached hydrogens (tertiary/aromatic N) is 1. The lowest BCUT2D eigenvalue weighted by molar-refractivity contribution is 0.0896. The molecule has 3 nitrogen and oxygen atoms in total. The van der Waals surface area contributed by atoms with E-state index in [9.17, 15) is 4.39 Å². The van der Waals surface area contributed by atoms with Crippen LogP contribution in [0.15, 0.2) is 55.1 Å². The lowest BCUT2D eigenvalue weighted by atomic mass is 9.58. The molecule has 5 rings (SSSR count). The van der Waals surface area contributed by atoms with Crippen molar-refractivity contribution < 1.29 is 9.13 Å². The normalized spacial score (nSPS) is 24.1. The van der Waals surface area contributed by atoms with Crippen molar-refractivity contribution in [2.75, 3.05) is 26.7 Å². The predicted molar refractivity (Wildman–Crippen MR) is 115 cm³/mol. The fourth-order valence-electron chi connectivity index (χ4n) is 5.63. The molecule has 29 heavy (non-hydrogen) atoms. The molecule has 2 aliphatic rings. The summed E-state index contributed by atoms with van der Waals surface area (Å²) in [4.78, 5) is 5.94. The maximum Gasteiger partial charge on any atom is 0.147 e. The van der Waals surface area contributed by atoms with Gasteiger partial charge in [0.1, 0.15) is 11.6 Å². The fraction of sp³-hybridized carbons (Fsp3) is 0.360. The van der Waals surface area contributed by atoms with E-state index < -0.39 is 0 Å². The van der Waals surface area contributed by atoms with Crippen LogP contribution in [0.4, 0.5) is 4.39 Å². The summed E-state index contributed by atoms with van der Waals surface area (Å²) in [6.45, 7) is 6.92. The largest absolute Gasteiger partial charge is 0.497 e. The summed E-state index contributed by atoms with van der Waals surface area (Å²) in [6.07, 6.45) is 4.95. The minimum absolute atomic E-state index is 0.0383. The van der Waals surface area contributed by atoms with E-state index in [-0.39, 0.29) is 11.2 Å². The first-order chi connectivity index (χ1) is 14.1. The minimum Gasteiger partial charge on any atom is -0.497 e. The Hall–Kier alpha value is -2.59. The topological polar surface area (TPSA) is 28.3 Å². The minimum atomic E-state index is -0.163. The molecular formula is C25H27FN2O. The Bertz CT molecular complexity index is 1070. The third-order valence-corrected chi connectivity index (χ3v) is 7.09. The molecule has 0 spiro atoms. The van der Waals surface area contributed by atoms with Gasteiger partial charge in [0.05, 0.1) is 12.6 Å². The maximum absolute atomic E-state index is 14.5. The summed E-state index contributed by atoms with van der Waals surface area (Å²) in [7, 11) is 1.72.